The summed E-state index contributed by atoms with van der Waals surface area (Å²) >= 11 is 0. The highest BCUT2D eigenvalue weighted by atomic mass is 19.1. The molecule has 0 saturated heterocycles. The highest BCUT2D eigenvalue weighted by Crippen LogP contribution is 2.03. The lowest BCUT2D eigenvalue weighted by molar-refractivity contribution is 0.614. The number of hydrogen-bond donors (Lipinski definition) is 1. The second-order valence-corrected chi connectivity index (χ2v) is 4.00. The highest BCUT2D eigenvalue weighted by Gasteiger charge is 1.98. The van der Waals surface area contributed by atoms with Crippen molar-refractivity contribution in [1.29, 1.82) is 0 Å². The van der Waals surface area contributed by atoms with Gasteiger partial charge in [-0.25, -0.2) is 4.39 Å². The molecule has 17 heavy (non-hydrogen) atoms. The maximum Gasteiger partial charge on any atom is 0.123 e. The van der Waals surface area contributed by atoms with Crippen molar-refractivity contribution in [3.8, 4) is 0 Å². The normalized spacial score (nSPS) is 10.7. The van der Waals surface area contributed by atoms with Crippen LogP contribution in [0.15, 0.2) is 36.5 Å². The molecule has 0 bridgehead atoms. The molecule has 0 aliphatic heterocycles. The van der Waals surface area contributed by atoms with Crippen LogP contribution in [0.3, 0.4) is 0 Å². The van der Waals surface area contributed by atoms with Crippen molar-refractivity contribution in [3.63, 3.8) is 0 Å². The van der Waals surface area contributed by atoms with Gasteiger partial charge in [0.05, 0.1) is 5.69 Å². The molecular formula is C13H16FN3. The molecule has 0 aliphatic carbocycles. The summed E-state index contributed by atoms with van der Waals surface area (Å²) in [5.74, 6) is -0.172. The van der Waals surface area contributed by atoms with Gasteiger partial charge in [0, 0.05) is 19.8 Å². The predicted molar refractivity (Wildman–Crippen MR) is 65.0 cm³/mol. The van der Waals surface area contributed by atoms with Gasteiger partial charge in [-0.15, -0.1) is 0 Å². The third kappa shape index (κ3) is 3.39. The number of benzene rings is 1. The van der Waals surface area contributed by atoms with E-state index in [4.69, 9.17) is 0 Å². The van der Waals surface area contributed by atoms with Crippen molar-refractivity contribution in [2.45, 2.75) is 13.0 Å². The first-order valence-corrected chi connectivity index (χ1v) is 5.68. The van der Waals surface area contributed by atoms with Gasteiger partial charge in [-0.2, -0.15) is 5.10 Å². The molecule has 0 unspecified atom stereocenters. The zero-order valence-corrected chi connectivity index (χ0v) is 9.86. The molecular weight excluding hydrogens is 217 g/mol. The zero-order chi connectivity index (χ0) is 12.1. The molecule has 0 aliphatic rings. The lowest BCUT2D eigenvalue weighted by Crippen LogP contribution is -2.18. The monoisotopic (exact) mass is 233 g/mol. The van der Waals surface area contributed by atoms with Crippen LogP contribution in [0, 0.1) is 5.82 Å². The third-order valence-electron chi connectivity index (χ3n) is 2.71. The molecule has 1 aromatic carbocycles. The van der Waals surface area contributed by atoms with Gasteiger partial charge < -0.3 is 5.32 Å². The van der Waals surface area contributed by atoms with Crippen LogP contribution in [-0.2, 0) is 20.0 Å². The molecule has 1 aromatic heterocycles. The summed E-state index contributed by atoms with van der Waals surface area (Å²) in [7, 11) is 1.92. The van der Waals surface area contributed by atoms with E-state index >= 15 is 0 Å². The van der Waals surface area contributed by atoms with Gasteiger partial charge in [0.15, 0.2) is 0 Å². The van der Waals surface area contributed by atoms with Crippen LogP contribution in [0.25, 0.3) is 0 Å². The summed E-state index contributed by atoms with van der Waals surface area (Å²) in [4.78, 5) is 0. The Balaban J connectivity index is 1.75. The molecule has 90 valence electrons. The first-order chi connectivity index (χ1) is 8.25. The maximum atomic E-state index is 12.9. The van der Waals surface area contributed by atoms with E-state index in [9.17, 15) is 4.39 Å². The van der Waals surface area contributed by atoms with E-state index in [0.717, 1.165) is 30.8 Å². The summed E-state index contributed by atoms with van der Waals surface area (Å²) in [6.07, 6.45) is 2.61. The fourth-order valence-corrected chi connectivity index (χ4v) is 1.72. The summed E-state index contributed by atoms with van der Waals surface area (Å²) in [5.41, 5.74) is 2.16. The number of nitrogens with one attached hydrogen (secondary N) is 1. The largest absolute Gasteiger partial charge is 0.311 e. The molecule has 0 fully saturated rings. The summed E-state index contributed by atoms with van der Waals surface area (Å²) in [6, 6.07) is 8.70. The second kappa shape index (κ2) is 5.59. The number of aryl methyl sites for hydroxylation is 1. The van der Waals surface area contributed by atoms with Gasteiger partial charge in [0.2, 0.25) is 0 Å². The Morgan fingerprint density at radius 1 is 1.35 bits per heavy atom. The highest BCUT2D eigenvalue weighted by molar-refractivity contribution is 5.16. The van der Waals surface area contributed by atoms with Crippen LogP contribution in [0.5, 0.6) is 0 Å². The third-order valence-corrected chi connectivity index (χ3v) is 2.71. The Kier molecular flexibility index (Phi) is 3.88. The predicted octanol–water partition coefficient (Wildman–Crippen LogP) is 1.89. The van der Waals surface area contributed by atoms with E-state index in [2.05, 4.69) is 10.4 Å². The van der Waals surface area contributed by atoms with Crippen molar-refractivity contribution >= 4 is 0 Å². The average Bonchev–Trinajstić information content (AvgIpc) is 2.71. The lowest BCUT2D eigenvalue weighted by atomic mass is 10.1. The molecule has 0 amide bonds. The molecule has 0 saturated carbocycles. The Hall–Kier alpha value is -1.68. The Bertz CT molecular complexity index is 479. The van der Waals surface area contributed by atoms with E-state index in [1.165, 1.54) is 6.07 Å². The molecule has 0 spiro atoms. The molecule has 4 heteroatoms. The van der Waals surface area contributed by atoms with Gasteiger partial charge in [-0.1, -0.05) is 12.1 Å². The standard InChI is InChI=1S/C13H16FN3/c1-17-13(6-8-16-17)10-15-7-5-11-3-2-4-12(14)9-11/h2-4,6,8-9,15H,5,7,10H2,1H3. The van der Waals surface area contributed by atoms with Crippen molar-refractivity contribution < 1.29 is 4.39 Å². The smallest absolute Gasteiger partial charge is 0.123 e. The zero-order valence-electron chi connectivity index (χ0n) is 9.86. The SMILES string of the molecule is Cn1nccc1CNCCc1cccc(F)c1. The van der Waals surface area contributed by atoms with Gasteiger partial charge in [0.1, 0.15) is 5.82 Å². The van der Waals surface area contributed by atoms with Crippen LogP contribution in [0.2, 0.25) is 0 Å². The number of rotatable bonds is 5. The van der Waals surface area contributed by atoms with Gasteiger partial charge in [0.25, 0.3) is 0 Å². The van der Waals surface area contributed by atoms with Crippen molar-refractivity contribution in [3.05, 3.63) is 53.6 Å². The molecule has 0 atom stereocenters. The summed E-state index contributed by atoms with van der Waals surface area (Å²) < 4.78 is 14.8. The molecule has 0 radical (unpaired) electrons. The number of halogens is 1. The minimum atomic E-state index is -0.172. The average molecular weight is 233 g/mol. The number of nitrogens with zero attached hydrogens (tertiary/aromatic N) is 2. The minimum absolute atomic E-state index is 0.172. The number of hydrogen-bond acceptors (Lipinski definition) is 2. The van der Waals surface area contributed by atoms with Crippen LogP contribution >= 0.6 is 0 Å². The van der Waals surface area contributed by atoms with Crippen molar-refractivity contribution in [2.24, 2.45) is 7.05 Å². The van der Waals surface area contributed by atoms with E-state index < -0.39 is 0 Å². The molecule has 2 rings (SSSR count). The van der Waals surface area contributed by atoms with Gasteiger partial charge in [-0.05, 0) is 36.7 Å². The quantitative estimate of drug-likeness (QED) is 0.799. The fraction of sp³-hybridized carbons (Fsp3) is 0.308. The topological polar surface area (TPSA) is 29.9 Å². The Morgan fingerprint density at radius 3 is 2.94 bits per heavy atom. The van der Waals surface area contributed by atoms with E-state index in [1.807, 2.05) is 23.9 Å². The van der Waals surface area contributed by atoms with Crippen molar-refractivity contribution in [2.75, 3.05) is 6.54 Å². The summed E-state index contributed by atoms with van der Waals surface area (Å²) in [5, 5.41) is 7.41. The van der Waals surface area contributed by atoms with Crippen molar-refractivity contribution in [1.82, 2.24) is 15.1 Å². The summed E-state index contributed by atoms with van der Waals surface area (Å²) in [6.45, 7) is 1.61. The molecule has 1 heterocycles. The Labute approximate surface area is 100 Å². The molecule has 2 aromatic rings. The Morgan fingerprint density at radius 2 is 2.24 bits per heavy atom. The van der Waals surface area contributed by atoms with E-state index in [-0.39, 0.29) is 5.82 Å². The maximum absolute atomic E-state index is 12.9. The van der Waals surface area contributed by atoms with Crippen LogP contribution in [0.4, 0.5) is 4.39 Å². The van der Waals surface area contributed by atoms with E-state index in [1.54, 1.807) is 18.3 Å². The lowest BCUT2D eigenvalue weighted by Gasteiger charge is -2.05. The van der Waals surface area contributed by atoms with Gasteiger partial charge >= 0.3 is 0 Å². The van der Waals surface area contributed by atoms with Crippen LogP contribution < -0.4 is 5.32 Å². The molecule has 3 nitrogen and oxygen atoms in total. The van der Waals surface area contributed by atoms with E-state index in [0.29, 0.717) is 0 Å². The number of aromatic nitrogens is 2. The second-order valence-electron chi connectivity index (χ2n) is 4.00. The van der Waals surface area contributed by atoms with Crippen LogP contribution in [-0.4, -0.2) is 16.3 Å². The van der Waals surface area contributed by atoms with Crippen LogP contribution in [0.1, 0.15) is 11.3 Å². The first kappa shape index (κ1) is 11.8. The minimum Gasteiger partial charge on any atom is -0.311 e. The fourth-order valence-electron chi connectivity index (χ4n) is 1.72. The van der Waals surface area contributed by atoms with Gasteiger partial charge in [-0.3, -0.25) is 4.68 Å². The first-order valence-electron chi connectivity index (χ1n) is 5.68. The molecule has 1 N–H and O–H groups in total.